The van der Waals surface area contributed by atoms with Crippen LogP contribution in [0.1, 0.15) is 17.6 Å². The molecule has 0 radical (unpaired) electrons. The summed E-state index contributed by atoms with van der Waals surface area (Å²) in [5.41, 5.74) is 21.8. The Bertz CT molecular complexity index is 1490. The van der Waals surface area contributed by atoms with E-state index in [4.69, 9.17) is 16.6 Å². The number of nitrogens with two attached hydrogens (primary N) is 3. The summed E-state index contributed by atoms with van der Waals surface area (Å²) >= 11 is 0. The number of benzene rings is 2. The fourth-order valence-electron chi connectivity index (χ4n) is 3.82. The van der Waals surface area contributed by atoms with Crippen LogP contribution < -0.4 is 38.5 Å². The first kappa shape index (κ1) is 25.5. The molecule has 1 aliphatic heterocycles. The number of alkyl halides is 2. The van der Waals surface area contributed by atoms with Gasteiger partial charge >= 0.3 is 5.92 Å². The lowest BCUT2D eigenvalue weighted by Gasteiger charge is -2.21. The SMILES string of the molecule is NCCS(=O)(=O)c1ccc(-c2cccc3[nH]c(C(F)(F)CN)nc23)c(C2NNNN2)c1S(N)(=O)=O. The summed E-state index contributed by atoms with van der Waals surface area (Å²) in [6, 6.07) is 7.05. The van der Waals surface area contributed by atoms with Crippen LogP contribution in [-0.4, -0.2) is 45.6 Å². The molecule has 4 rings (SSSR count). The Hall–Kier alpha value is -2.61. The Morgan fingerprint density at radius 1 is 1.00 bits per heavy atom. The molecule has 11 N–H and O–H groups in total. The van der Waals surface area contributed by atoms with Crippen molar-refractivity contribution >= 4 is 30.9 Å². The Labute approximate surface area is 198 Å². The van der Waals surface area contributed by atoms with E-state index >= 15 is 0 Å². The summed E-state index contributed by atoms with van der Waals surface area (Å²) in [7, 11) is -8.78. The van der Waals surface area contributed by atoms with Gasteiger partial charge in [0.2, 0.25) is 10.0 Å². The van der Waals surface area contributed by atoms with Crippen LogP contribution in [0.15, 0.2) is 40.1 Å². The van der Waals surface area contributed by atoms with Gasteiger partial charge in [-0.25, -0.2) is 37.8 Å². The van der Waals surface area contributed by atoms with E-state index in [1.54, 1.807) is 6.07 Å². The topological polar surface area (TPSA) is 223 Å². The first-order valence-electron chi connectivity index (χ1n) is 10.1. The summed E-state index contributed by atoms with van der Waals surface area (Å²) in [5, 5.41) is 5.50. The second-order valence-corrected chi connectivity index (χ2v) is 11.2. The van der Waals surface area contributed by atoms with E-state index in [9.17, 15) is 25.6 Å². The summed E-state index contributed by atoms with van der Waals surface area (Å²) in [6.45, 7) is -1.23. The smallest absolute Gasteiger partial charge is 0.316 e. The molecule has 1 aliphatic rings. The number of fused-ring (bicyclic) bond motifs is 1. The maximum atomic E-state index is 14.2. The number of aromatic nitrogens is 2. The number of halogens is 2. The van der Waals surface area contributed by atoms with Gasteiger partial charge < -0.3 is 16.5 Å². The van der Waals surface area contributed by atoms with Crippen LogP contribution in [-0.2, 0) is 25.8 Å². The van der Waals surface area contributed by atoms with Crippen molar-refractivity contribution in [2.75, 3.05) is 18.8 Å². The fourth-order valence-corrected chi connectivity index (χ4v) is 6.63. The number of sulfone groups is 1. The van der Waals surface area contributed by atoms with Gasteiger partial charge in [0.1, 0.15) is 11.1 Å². The molecule has 2 heterocycles. The molecule has 2 aromatic carbocycles. The molecule has 0 spiro atoms. The van der Waals surface area contributed by atoms with E-state index in [0.717, 1.165) is 6.07 Å². The molecular weight excluding hydrogens is 508 g/mol. The van der Waals surface area contributed by atoms with Gasteiger partial charge in [-0.2, -0.15) is 19.9 Å². The number of hydrogen-bond donors (Lipinski definition) is 8. The highest BCUT2D eigenvalue weighted by Gasteiger charge is 2.36. The van der Waals surface area contributed by atoms with Crippen LogP contribution in [0.4, 0.5) is 8.78 Å². The second-order valence-electron chi connectivity index (χ2n) is 7.67. The van der Waals surface area contributed by atoms with E-state index in [2.05, 4.69) is 31.9 Å². The summed E-state index contributed by atoms with van der Waals surface area (Å²) in [6.07, 6.45) is -1.01. The van der Waals surface area contributed by atoms with Crippen LogP contribution >= 0.6 is 0 Å². The highest BCUT2D eigenvalue weighted by Crippen LogP contribution is 2.39. The van der Waals surface area contributed by atoms with Gasteiger partial charge in [-0.1, -0.05) is 18.2 Å². The normalized spacial score (nSPS) is 15.8. The molecule has 0 unspecified atom stereocenters. The third-order valence-electron chi connectivity index (χ3n) is 5.36. The average molecular weight is 532 g/mol. The minimum atomic E-state index is -4.63. The van der Waals surface area contributed by atoms with E-state index in [0.29, 0.717) is 0 Å². The largest absolute Gasteiger partial charge is 0.337 e. The molecule has 17 heteroatoms. The molecule has 0 bridgehead atoms. The zero-order valence-corrected chi connectivity index (χ0v) is 19.6. The second kappa shape index (κ2) is 9.12. The first-order chi connectivity index (χ1) is 16.4. The molecule has 1 aromatic heterocycles. The number of nitrogens with one attached hydrogen (secondary N) is 5. The van der Waals surface area contributed by atoms with Crippen LogP contribution in [0, 0.1) is 0 Å². The monoisotopic (exact) mass is 531 g/mol. The van der Waals surface area contributed by atoms with Crippen molar-refractivity contribution in [3.8, 4) is 11.1 Å². The van der Waals surface area contributed by atoms with E-state index in [-0.39, 0.29) is 34.3 Å². The lowest BCUT2D eigenvalue weighted by molar-refractivity contribution is -0.00236. The minimum absolute atomic E-state index is 0.0780. The summed E-state index contributed by atoms with van der Waals surface area (Å²) in [4.78, 5) is 5.35. The van der Waals surface area contributed by atoms with E-state index in [1.165, 1.54) is 18.2 Å². The van der Waals surface area contributed by atoms with Crippen LogP contribution in [0.5, 0.6) is 0 Å². The van der Waals surface area contributed by atoms with Gasteiger partial charge in [0.15, 0.2) is 15.7 Å². The van der Waals surface area contributed by atoms with Crippen LogP contribution in [0.2, 0.25) is 0 Å². The Morgan fingerprint density at radius 3 is 2.29 bits per heavy atom. The Morgan fingerprint density at radius 2 is 1.69 bits per heavy atom. The van der Waals surface area contributed by atoms with Gasteiger partial charge in [-0.15, -0.1) is 0 Å². The number of rotatable bonds is 8. The standard InChI is InChI=1S/C18H23F2N9O4S2/c19-18(20,8-22)17-24-11-3-1-2-10(14(11)25-17)9-4-5-12(34(30,31)7-6-21)15(35(23,32)33)13(9)16-26-28-29-27-16/h1-5,16,26-29H,6-8,21-22H2,(H,24,25)(H2,23,32,33). The number of hydrazine groups is 3. The molecule has 0 amide bonds. The molecule has 13 nitrogen and oxygen atoms in total. The number of sulfonamides is 1. The van der Waals surface area contributed by atoms with Gasteiger partial charge in [0.05, 0.1) is 28.2 Å². The molecule has 1 fully saturated rings. The molecule has 0 aliphatic carbocycles. The van der Waals surface area contributed by atoms with Crippen molar-refractivity contribution in [3.63, 3.8) is 0 Å². The molecule has 0 atom stereocenters. The number of aromatic amines is 1. The molecule has 0 saturated carbocycles. The number of para-hydroxylation sites is 1. The van der Waals surface area contributed by atoms with Crippen LogP contribution in [0.25, 0.3) is 22.2 Å². The van der Waals surface area contributed by atoms with E-state index in [1.807, 2.05) is 0 Å². The Kier molecular flexibility index (Phi) is 6.64. The van der Waals surface area contributed by atoms with Crippen LogP contribution in [0.3, 0.4) is 0 Å². The predicted molar refractivity (Wildman–Crippen MR) is 122 cm³/mol. The van der Waals surface area contributed by atoms with Crippen molar-refractivity contribution in [2.45, 2.75) is 21.9 Å². The minimum Gasteiger partial charge on any atom is -0.337 e. The zero-order valence-electron chi connectivity index (χ0n) is 18.0. The number of hydrogen-bond acceptors (Lipinski definition) is 11. The Balaban J connectivity index is 2.09. The maximum absolute atomic E-state index is 14.2. The van der Waals surface area contributed by atoms with Gasteiger partial charge in [0, 0.05) is 17.7 Å². The lowest BCUT2D eigenvalue weighted by Crippen LogP contribution is -2.33. The van der Waals surface area contributed by atoms with Gasteiger partial charge in [0.25, 0.3) is 0 Å². The van der Waals surface area contributed by atoms with Crippen molar-refractivity contribution in [3.05, 3.63) is 41.7 Å². The third-order valence-corrected chi connectivity index (χ3v) is 8.28. The van der Waals surface area contributed by atoms with Gasteiger partial charge in [-0.05, 0) is 17.7 Å². The van der Waals surface area contributed by atoms with E-state index < -0.39 is 59.9 Å². The first-order valence-corrected chi connectivity index (χ1v) is 13.3. The quantitative estimate of drug-likeness (QED) is 0.172. The number of nitrogens with zero attached hydrogens (tertiary/aromatic N) is 1. The summed E-state index contributed by atoms with van der Waals surface area (Å²) in [5.74, 6) is -4.63. The maximum Gasteiger partial charge on any atom is 0.316 e. The molecule has 1 saturated heterocycles. The van der Waals surface area contributed by atoms with Crippen molar-refractivity contribution in [1.82, 2.24) is 31.9 Å². The lowest BCUT2D eigenvalue weighted by atomic mass is 9.96. The third kappa shape index (κ3) is 4.65. The fraction of sp³-hybridized carbons (Fsp3) is 0.278. The highest BCUT2D eigenvalue weighted by atomic mass is 32.2. The van der Waals surface area contributed by atoms with Crippen molar-refractivity contribution in [2.24, 2.45) is 16.6 Å². The zero-order chi connectivity index (χ0) is 25.6. The average Bonchev–Trinajstić information content (AvgIpc) is 3.47. The predicted octanol–water partition coefficient (Wildman–Crippen LogP) is -1.22. The van der Waals surface area contributed by atoms with Crippen molar-refractivity contribution in [1.29, 1.82) is 0 Å². The number of imidazole rings is 1. The number of primary sulfonamides is 1. The summed E-state index contributed by atoms with van der Waals surface area (Å²) < 4.78 is 79.8. The molecule has 35 heavy (non-hydrogen) atoms. The number of H-pyrrole nitrogens is 1. The molecule has 190 valence electrons. The molecule has 3 aromatic rings. The van der Waals surface area contributed by atoms with Crippen molar-refractivity contribution < 1.29 is 25.6 Å². The molecular formula is C18H23F2N9O4S2. The highest BCUT2D eigenvalue weighted by molar-refractivity contribution is 7.93. The van der Waals surface area contributed by atoms with Gasteiger partial charge in [-0.3, -0.25) is 0 Å².